The second kappa shape index (κ2) is 6.87. The lowest BCUT2D eigenvalue weighted by molar-refractivity contribution is 0.0768. The fraction of sp³-hybridized carbons (Fsp3) is 0.364. The van der Waals surface area contributed by atoms with Gasteiger partial charge in [-0.1, -0.05) is 12.1 Å². The standard InChI is InChI=1S/C22H23N3O2S/c1-24-10-16-11-25(22(26)15-5-8-20-19(9-15)23-13-28-20)12-18(16)21(24)14-3-6-17(27-2)7-4-14/h3-9,13,16,18,21H,10-12H2,1-2H3/t16-,18+,21-/m0/s1. The van der Waals surface area contributed by atoms with Crippen molar-refractivity contribution in [2.24, 2.45) is 11.8 Å². The van der Waals surface area contributed by atoms with Gasteiger partial charge < -0.3 is 9.64 Å². The lowest BCUT2D eigenvalue weighted by Crippen LogP contribution is -2.33. The molecule has 2 aliphatic heterocycles. The van der Waals surface area contributed by atoms with Crippen molar-refractivity contribution in [2.75, 3.05) is 33.8 Å². The monoisotopic (exact) mass is 393 g/mol. The topological polar surface area (TPSA) is 45.7 Å². The second-order valence-electron chi connectivity index (χ2n) is 7.83. The summed E-state index contributed by atoms with van der Waals surface area (Å²) in [4.78, 5) is 21.9. The SMILES string of the molecule is COc1ccc([C@H]2[C@@H]3CN(C(=O)c4ccc5scnc5c4)C[C@@H]3CN2C)cc1. The quantitative estimate of drug-likeness (QED) is 0.681. The highest BCUT2D eigenvalue weighted by molar-refractivity contribution is 7.16. The predicted octanol–water partition coefficient (Wildman–Crippen LogP) is 3.68. The van der Waals surface area contributed by atoms with Crippen molar-refractivity contribution in [3.05, 3.63) is 59.1 Å². The minimum Gasteiger partial charge on any atom is -0.497 e. The van der Waals surface area contributed by atoms with Gasteiger partial charge in [0.05, 0.1) is 22.8 Å². The Kier molecular flexibility index (Phi) is 4.33. The van der Waals surface area contributed by atoms with E-state index in [0.29, 0.717) is 17.9 Å². The molecule has 0 radical (unpaired) electrons. The molecule has 0 N–H and O–H groups in total. The van der Waals surface area contributed by atoms with E-state index in [-0.39, 0.29) is 5.91 Å². The third kappa shape index (κ3) is 2.88. The van der Waals surface area contributed by atoms with Gasteiger partial charge in [-0.05, 0) is 48.9 Å². The molecule has 1 amide bonds. The number of ether oxygens (including phenoxy) is 1. The van der Waals surface area contributed by atoms with Gasteiger partial charge in [-0.15, -0.1) is 11.3 Å². The molecule has 28 heavy (non-hydrogen) atoms. The number of methoxy groups -OCH3 is 1. The van der Waals surface area contributed by atoms with E-state index < -0.39 is 0 Å². The van der Waals surface area contributed by atoms with Gasteiger partial charge in [-0.2, -0.15) is 0 Å². The van der Waals surface area contributed by atoms with Gasteiger partial charge in [0.1, 0.15) is 5.75 Å². The first kappa shape index (κ1) is 17.6. The molecule has 3 aromatic rings. The maximum Gasteiger partial charge on any atom is 0.253 e. The van der Waals surface area contributed by atoms with Crippen LogP contribution in [0.4, 0.5) is 0 Å². The Balaban J connectivity index is 1.37. The van der Waals surface area contributed by atoms with Gasteiger partial charge in [-0.25, -0.2) is 4.98 Å². The molecule has 5 rings (SSSR count). The number of nitrogens with zero attached hydrogens (tertiary/aromatic N) is 3. The molecule has 1 aromatic heterocycles. The van der Waals surface area contributed by atoms with Gasteiger partial charge in [0.15, 0.2) is 0 Å². The number of rotatable bonds is 3. The van der Waals surface area contributed by atoms with Crippen molar-refractivity contribution in [3.8, 4) is 5.75 Å². The molecule has 0 aliphatic carbocycles. The summed E-state index contributed by atoms with van der Waals surface area (Å²) in [6, 6.07) is 14.6. The second-order valence-corrected chi connectivity index (χ2v) is 8.71. The summed E-state index contributed by atoms with van der Waals surface area (Å²) < 4.78 is 6.42. The zero-order chi connectivity index (χ0) is 19.3. The number of hydrogen-bond donors (Lipinski definition) is 0. The molecular formula is C22H23N3O2S. The maximum absolute atomic E-state index is 13.1. The minimum atomic E-state index is 0.125. The molecule has 3 atom stereocenters. The van der Waals surface area contributed by atoms with Crippen LogP contribution in [-0.2, 0) is 0 Å². The molecule has 2 aliphatic rings. The van der Waals surface area contributed by atoms with E-state index in [1.807, 2.05) is 40.7 Å². The highest BCUT2D eigenvalue weighted by Crippen LogP contribution is 2.44. The number of benzene rings is 2. The molecule has 0 bridgehead atoms. The van der Waals surface area contributed by atoms with Crippen molar-refractivity contribution in [3.63, 3.8) is 0 Å². The van der Waals surface area contributed by atoms with Crippen LogP contribution in [0.3, 0.4) is 0 Å². The lowest BCUT2D eigenvalue weighted by Gasteiger charge is -2.27. The van der Waals surface area contributed by atoms with Crippen LogP contribution in [0, 0.1) is 11.8 Å². The molecule has 2 aromatic carbocycles. The Morgan fingerprint density at radius 2 is 1.96 bits per heavy atom. The van der Waals surface area contributed by atoms with Gasteiger partial charge in [0.25, 0.3) is 5.91 Å². The summed E-state index contributed by atoms with van der Waals surface area (Å²) in [6.07, 6.45) is 0. The average Bonchev–Trinajstić information content (AvgIpc) is 3.41. The highest BCUT2D eigenvalue weighted by Gasteiger charge is 2.47. The van der Waals surface area contributed by atoms with E-state index in [1.165, 1.54) is 5.56 Å². The van der Waals surface area contributed by atoms with Crippen LogP contribution in [0.15, 0.2) is 48.0 Å². The average molecular weight is 394 g/mol. The number of thiazole rings is 1. The minimum absolute atomic E-state index is 0.125. The number of amides is 1. The Hall–Kier alpha value is -2.44. The van der Waals surface area contributed by atoms with Crippen molar-refractivity contribution in [1.29, 1.82) is 0 Å². The van der Waals surface area contributed by atoms with Crippen LogP contribution >= 0.6 is 11.3 Å². The fourth-order valence-corrected chi connectivity index (χ4v) is 5.56. The summed E-state index contributed by atoms with van der Waals surface area (Å²) in [7, 11) is 3.88. The van der Waals surface area contributed by atoms with Gasteiger partial charge in [0.2, 0.25) is 0 Å². The first-order valence-electron chi connectivity index (χ1n) is 9.61. The predicted molar refractivity (Wildman–Crippen MR) is 111 cm³/mol. The van der Waals surface area contributed by atoms with Gasteiger partial charge in [0, 0.05) is 37.2 Å². The molecule has 144 valence electrons. The van der Waals surface area contributed by atoms with Crippen molar-refractivity contribution < 1.29 is 9.53 Å². The Morgan fingerprint density at radius 1 is 1.14 bits per heavy atom. The molecule has 6 heteroatoms. The van der Waals surface area contributed by atoms with E-state index in [0.717, 1.165) is 41.2 Å². The van der Waals surface area contributed by atoms with Crippen LogP contribution in [0.25, 0.3) is 10.2 Å². The van der Waals surface area contributed by atoms with Crippen molar-refractivity contribution >= 4 is 27.5 Å². The first-order chi connectivity index (χ1) is 13.6. The summed E-state index contributed by atoms with van der Waals surface area (Å²) in [5.74, 6) is 1.98. The van der Waals surface area contributed by atoms with Crippen LogP contribution in [0.1, 0.15) is 22.0 Å². The Labute approximate surface area is 168 Å². The van der Waals surface area contributed by atoms with Crippen molar-refractivity contribution in [1.82, 2.24) is 14.8 Å². The third-order valence-corrected chi connectivity index (χ3v) is 7.03. The smallest absolute Gasteiger partial charge is 0.253 e. The molecule has 0 saturated carbocycles. The van der Waals surface area contributed by atoms with Crippen LogP contribution in [0.5, 0.6) is 5.75 Å². The summed E-state index contributed by atoms with van der Waals surface area (Å²) >= 11 is 1.60. The highest BCUT2D eigenvalue weighted by atomic mass is 32.1. The molecule has 5 nitrogen and oxygen atoms in total. The van der Waals surface area contributed by atoms with E-state index in [2.05, 4.69) is 29.1 Å². The fourth-order valence-electron chi connectivity index (χ4n) is 4.90. The maximum atomic E-state index is 13.1. The van der Waals surface area contributed by atoms with Crippen LogP contribution < -0.4 is 4.74 Å². The Bertz CT molecular complexity index is 1020. The molecule has 3 heterocycles. The van der Waals surface area contributed by atoms with Crippen molar-refractivity contribution in [2.45, 2.75) is 6.04 Å². The number of likely N-dealkylation sites (tertiary alicyclic amines) is 2. The third-order valence-electron chi connectivity index (χ3n) is 6.22. The summed E-state index contributed by atoms with van der Waals surface area (Å²) in [6.45, 7) is 2.66. The summed E-state index contributed by atoms with van der Waals surface area (Å²) in [5.41, 5.74) is 4.78. The number of hydrogen-bond acceptors (Lipinski definition) is 5. The zero-order valence-electron chi connectivity index (χ0n) is 16.0. The molecule has 0 unspecified atom stereocenters. The Morgan fingerprint density at radius 3 is 2.75 bits per heavy atom. The van der Waals surface area contributed by atoms with Crippen LogP contribution in [-0.4, -0.2) is 54.5 Å². The first-order valence-corrected chi connectivity index (χ1v) is 10.5. The van der Waals surface area contributed by atoms with E-state index >= 15 is 0 Å². The van der Waals surface area contributed by atoms with Crippen LogP contribution in [0.2, 0.25) is 0 Å². The van der Waals surface area contributed by atoms with E-state index in [9.17, 15) is 4.79 Å². The molecule has 2 fully saturated rings. The van der Waals surface area contributed by atoms with Gasteiger partial charge >= 0.3 is 0 Å². The number of carbonyl (C=O) groups is 1. The zero-order valence-corrected chi connectivity index (χ0v) is 16.9. The van der Waals surface area contributed by atoms with E-state index in [4.69, 9.17) is 4.74 Å². The number of fused-ring (bicyclic) bond motifs is 2. The largest absolute Gasteiger partial charge is 0.497 e. The molecule has 0 spiro atoms. The van der Waals surface area contributed by atoms with E-state index in [1.54, 1.807) is 18.4 Å². The molecule has 2 saturated heterocycles. The lowest BCUT2D eigenvalue weighted by atomic mass is 9.89. The van der Waals surface area contributed by atoms with Gasteiger partial charge in [-0.3, -0.25) is 9.69 Å². The molecular weight excluding hydrogens is 370 g/mol. The summed E-state index contributed by atoms with van der Waals surface area (Å²) in [5, 5.41) is 0. The number of aromatic nitrogens is 1. The number of carbonyl (C=O) groups excluding carboxylic acids is 1. The normalized spacial score (nSPS) is 24.6.